The average molecular weight is 321 g/mol. The molecule has 2 aromatic carbocycles. The Labute approximate surface area is 137 Å². The van der Waals surface area contributed by atoms with Crippen molar-refractivity contribution in [3.05, 3.63) is 58.9 Å². The highest BCUT2D eigenvalue weighted by Crippen LogP contribution is 2.38. The highest BCUT2D eigenvalue weighted by atomic mass is 32.1. The number of aromatic nitrogens is 3. The van der Waals surface area contributed by atoms with Crippen LogP contribution in [0.25, 0.3) is 33.3 Å². The molecule has 0 aliphatic heterocycles. The quantitative estimate of drug-likeness (QED) is 0.397. The van der Waals surface area contributed by atoms with E-state index in [1.807, 2.05) is 49.5 Å². The van der Waals surface area contributed by atoms with E-state index >= 15 is 0 Å². The average Bonchev–Trinajstić information content (AvgIpc) is 3.14. The van der Waals surface area contributed by atoms with Gasteiger partial charge in [-0.15, -0.1) is 0 Å². The summed E-state index contributed by atoms with van der Waals surface area (Å²) < 4.78 is 0.619. The number of aromatic hydroxyl groups is 1. The smallest absolute Gasteiger partial charge is 0.127 e. The SMILES string of the molecule is Cc1ccc(-c2[nH][nH]c(=S)c2-c2cccc3[nH]ccc23)c(O)c1. The van der Waals surface area contributed by atoms with Crippen LogP contribution in [-0.2, 0) is 0 Å². The Morgan fingerprint density at radius 2 is 1.87 bits per heavy atom. The molecule has 0 fully saturated rings. The predicted octanol–water partition coefficient (Wildman–Crippen LogP) is 4.90. The molecule has 0 aliphatic rings. The minimum absolute atomic E-state index is 0.234. The fraction of sp³-hybridized carbons (Fsp3) is 0.0556. The number of benzene rings is 2. The maximum Gasteiger partial charge on any atom is 0.127 e. The first kappa shape index (κ1) is 13.8. The van der Waals surface area contributed by atoms with Gasteiger partial charge in [-0.2, -0.15) is 0 Å². The van der Waals surface area contributed by atoms with Crippen molar-refractivity contribution in [3.8, 4) is 28.1 Å². The largest absolute Gasteiger partial charge is 0.507 e. The lowest BCUT2D eigenvalue weighted by Crippen LogP contribution is -1.86. The molecule has 5 heteroatoms. The van der Waals surface area contributed by atoms with Crippen LogP contribution in [0.15, 0.2) is 48.7 Å². The Kier molecular flexibility index (Phi) is 3.09. The third-order valence-corrected chi connectivity index (χ3v) is 4.37. The Balaban J connectivity index is 2.03. The molecule has 2 heterocycles. The third-order valence-electron chi connectivity index (χ3n) is 4.06. The van der Waals surface area contributed by atoms with Crippen molar-refractivity contribution in [2.75, 3.05) is 0 Å². The van der Waals surface area contributed by atoms with Crippen molar-refractivity contribution >= 4 is 23.1 Å². The van der Waals surface area contributed by atoms with Crippen LogP contribution in [0.4, 0.5) is 0 Å². The topological polar surface area (TPSA) is 67.6 Å². The van der Waals surface area contributed by atoms with Gasteiger partial charge in [-0.3, -0.25) is 10.2 Å². The minimum Gasteiger partial charge on any atom is -0.507 e. The molecule has 4 rings (SSSR count). The molecule has 0 saturated heterocycles. The van der Waals surface area contributed by atoms with Gasteiger partial charge in [0.25, 0.3) is 0 Å². The van der Waals surface area contributed by atoms with Gasteiger partial charge in [-0.05, 0) is 42.3 Å². The number of phenols is 1. The molecule has 0 saturated carbocycles. The van der Waals surface area contributed by atoms with E-state index in [1.54, 1.807) is 6.07 Å². The Hall–Kier alpha value is -2.79. The molecule has 0 amide bonds. The van der Waals surface area contributed by atoms with E-state index < -0.39 is 0 Å². The zero-order valence-corrected chi connectivity index (χ0v) is 13.3. The predicted molar refractivity (Wildman–Crippen MR) is 95.1 cm³/mol. The first-order chi connectivity index (χ1) is 11.1. The van der Waals surface area contributed by atoms with Crippen molar-refractivity contribution in [1.29, 1.82) is 0 Å². The molecule has 114 valence electrons. The van der Waals surface area contributed by atoms with Gasteiger partial charge in [0.1, 0.15) is 10.4 Å². The molecule has 0 unspecified atom stereocenters. The number of fused-ring (bicyclic) bond motifs is 1. The number of aromatic amines is 3. The molecule has 0 radical (unpaired) electrons. The van der Waals surface area contributed by atoms with Crippen LogP contribution in [-0.4, -0.2) is 20.3 Å². The maximum atomic E-state index is 10.3. The van der Waals surface area contributed by atoms with E-state index in [9.17, 15) is 5.11 Å². The summed E-state index contributed by atoms with van der Waals surface area (Å²) in [5.41, 5.74) is 5.50. The minimum atomic E-state index is 0.234. The molecule has 0 bridgehead atoms. The van der Waals surface area contributed by atoms with E-state index in [1.165, 1.54) is 0 Å². The number of hydrogen-bond donors (Lipinski definition) is 4. The molecule has 0 atom stereocenters. The highest BCUT2D eigenvalue weighted by molar-refractivity contribution is 7.71. The molecule has 4 N–H and O–H groups in total. The van der Waals surface area contributed by atoms with Gasteiger partial charge in [0.15, 0.2) is 0 Å². The van der Waals surface area contributed by atoms with Crippen LogP contribution < -0.4 is 0 Å². The molecule has 0 aliphatic carbocycles. The summed E-state index contributed by atoms with van der Waals surface area (Å²) in [6, 6.07) is 13.7. The fourth-order valence-corrected chi connectivity index (χ4v) is 3.24. The number of nitrogens with one attached hydrogen (secondary N) is 3. The Bertz CT molecular complexity index is 1070. The van der Waals surface area contributed by atoms with Gasteiger partial charge < -0.3 is 10.1 Å². The monoisotopic (exact) mass is 321 g/mol. The van der Waals surface area contributed by atoms with E-state index in [4.69, 9.17) is 12.2 Å². The van der Waals surface area contributed by atoms with E-state index in [0.717, 1.165) is 38.9 Å². The van der Waals surface area contributed by atoms with Crippen LogP contribution in [0.5, 0.6) is 5.75 Å². The number of H-pyrrole nitrogens is 3. The lowest BCUT2D eigenvalue weighted by Gasteiger charge is -2.08. The summed E-state index contributed by atoms with van der Waals surface area (Å²) in [5.74, 6) is 0.234. The maximum absolute atomic E-state index is 10.3. The van der Waals surface area contributed by atoms with Gasteiger partial charge in [0.05, 0.1) is 5.69 Å². The first-order valence-corrected chi connectivity index (χ1v) is 7.73. The van der Waals surface area contributed by atoms with Crippen LogP contribution in [0.1, 0.15) is 5.56 Å². The zero-order chi connectivity index (χ0) is 16.0. The van der Waals surface area contributed by atoms with Gasteiger partial charge in [0.2, 0.25) is 0 Å². The van der Waals surface area contributed by atoms with Crippen LogP contribution in [0.2, 0.25) is 0 Å². The standard InChI is InChI=1S/C18H15N3OS/c1-10-5-6-13(15(22)9-10)17-16(18(23)21-20-17)12-3-2-4-14-11(12)7-8-19-14/h2-9,19,22H,1H3,(H2,20,21,23). The van der Waals surface area contributed by atoms with Gasteiger partial charge >= 0.3 is 0 Å². The molecule has 4 aromatic rings. The van der Waals surface area contributed by atoms with Gasteiger partial charge in [0, 0.05) is 28.2 Å². The molecule has 0 spiro atoms. The lowest BCUT2D eigenvalue weighted by molar-refractivity contribution is 0.476. The Morgan fingerprint density at radius 1 is 1.00 bits per heavy atom. The van der Waals surface area contributed by atoms with Crippen molar-refractivity contribution < 1.29 is 5.11 Å². The van der Waals surface area contributed by atoms with Crippen molar-refractivity contribution in [3.63, 3.8) is 0 Å². The zero-order valence-electron chi connectivity index (χ0n) is 12.5. The van der Waals surface area contributed by atoms with E-state index in [0.29, 0.717) is 4.64 Å². The van der Waals surface area contributed by atoms with Crippen LogP contribution in [0, 0.1) is 11.6 Å². The molecule has 2 aromatic heterocycles. The Morgan fingerprint density at radius 3 is 2.70 bits per heavy atom. The second kappa shape index (κ2) is 5.14. The number of phenolic OH excluding ortho intramolecular Hbond substituents is 1. The number of hydrogen-bond acceptors (Lipinski definition) is 2. The number of aryl methyl sites for hydroxylation is 1. The molecule has 4 nitrogen and oxygen atoms in total. The lowest BCUT2D eigenvalue weighted by atomic mass is 9.98. The molecular weight excluding hydrogens is 306 g/mol. The van der Waals surface area contributed by atoms with Crippen molar-refractivity contribution in [2.45, 2.75) is 6.92 Å². The van der Waals surface area contributed by atoms with E-state index in [-0.39, 0.29) is 5.75 Å². The summed E-state index contributed by atoms with van der Waals surface area (Å²) >= 11 is 5.48. The second-order valence-electron chi connectivity index (χ2n) is 5.59. The summed E-state index contributed by atoms with van der Waals surface area (Å²) in [7, 11) is 0. The van der Waals surface area contributed by atoms with E-state index in [2.05, 4.69) is 15.2 Å². The first-order valence-electron chi connectivity index (χ1n) is 7.32. The van der Waals surface area contributed by atoms with Gasteiger partial charge in [-0.1, -0.05) is 30.4 Å². The summed E-state index contributed by atoms with van der Waals surface area (Å²) in [5, 5.41) is 17.5. The summed E-state index contributed by atoms with van der Waals surface area (Å²) in [6.45, 7) is 1.95. The normalized spacial score (nSPS) is 11.2. The van der Waals surface area contributed by atoms with Crippen LogP contribution >= 0.6 is 12.2 Å². The van der Waals surface area contributed by atoms with Crippen molar-refractivity contribution in [2.24, 2.45) is 0 Å². The summed E-state index contributed by atoms with van der Waals surface area (Å²) in [4.78, 5) is 3.22. The van der Waals surface area contributed by atoms with Crippen molar-refractivity contribution in [1.82, 2.24) is 15.2 Å². The molecule has 23 heavy (non-hydrogen) atoms. The number of rotatable bonds is 2. The van der Waals surface area contributed by atoms with Crippen LogP contribution in [0.3, 0.4) is 0 Å². The highest BCUT2D eigenvalue weighted by Gasteiger charge is 2.17. The fourth-order valence-electron chi connectivity index (χ4n) is 2.97. The second-order valence-corrected chi connectivity index (χ2v) is 6.00. The van der Waals surface area contributed by atoms with Gasteiger partial charge in [-0.25, -0.2) is 0 Å². The third kappa shape index (κ3) is 2.17. The molecular formula is C18H15N3OS. The summed E-state index contributed by atoms with van der Waals surface area (Å²) in [6.07, 6.45) is 1.91.